The first-order valence-corrected chi connectivity index (χ1v) is 15.4. The largest absolute Gasteiger partial charge is 0.139 e. The molecule has 0 atom stereocenters. The van der Waals surface area contributed by atoms with Gasteiger partial charge in [-0.3, -0.25) is 0 Å². The van der Waals surface area contributed by atoms with Crippen LogP contribution in [0.4, 0.5) is 0 Å². The molecule has 0 nitrogen and oxygen atoms in total. The highest BCUT2D eigenvalue weighted by Gasteiger charge is 2.46. The number of rotatable bonds is 0. The van der Waals surface area contributed by atoms with Crippen LogP contribution in [0.25, 0.3) is 49.1 Å². The second-order valence-electron chi connectivity index (χ2n) is 10.6. The number of aryl methyl sites for hydroxylation is 2. The maximum atomic E-state index is 2.46. The molecule has 0 fully saturated rings. The molecule has 1 aromatic carbocycles. The Kier molecular flexibility index (Phi) is 3.49. The molecule has 6 aromatic rings. The van der Waals surface area contributed by atoms with Crippen LogP contribution in [0.3, 0.4) is 0 Å². The molecule has 2 aliphatic carbocycles. The van der Waals surface area contributed by atoms with E-state index in [1.54, 1.807) is 22.3 Å². The standard InChI is InChI=1S/C28H22S5/c1-11-9-15-23(29-11)19-22(31-15)13-7-8-14-18-25(33-21(14)17(13)27(19,3)4)26-20(28(18,5)6)24-16(32-26)10-12(2)30-24/h7-10H,1-6H3. The van der Waals surface area contributed by atoms with E-state index < -0.39 is 0 Å². The zero-order valence-electron chi connectivity index (χ0n) is 19.4. The smallest absolute Gasteiger partial charge is 0.0508 e. The van der Waals surface area contributed by atoms with Crippen LogP contribution in [0.5, 0.6) is 0 Å². The van der Waals surface area contributed by atoms with Crippen LogP contribution in [-0.2, 0) is 10.8 Å². The third kappa shape index (κ3) is 2.14. The number of thiophene rings is 5. The van der Waals surface area contributed by atoms with E-state index in [2.05, 4.69) is 77.1 Å². The molecule has 0 bridgehead atoms. The summed E-state index contributed by atoms with van der Waals surface area (Å²) in [6.07, 6.45) is 0. The van der Waals surface area contributed by atoms with Gasteiger partial charge in [0.1, 0.15) is 0 Å². The molecule has 0 saturated carbocycles. The van der Waals surface area contributed by atoms with Gasteiger partial charge in [-0.05, 0) is 59.2 Å². The first kappa shape index (κ1) is 19.8. The summed E-state index contributed by atoms with van der Waals surface area (Å²) in [4.78, 5) is 7.43. The molecule has 5 heteroatoms. The van der Waals surface area contributed by atoms with Crippen LogP contribution in [0.1, 0.15) is 59.7 Å². The Morgan fingerprint density at radius 2 is 1.09 bits per heavy atom. The minimum atomic E-state index is 0.0399. The Bertz CT molecular complexity index is 1840. The summed E-state index contributed by atoms with van der Waals surface area (Å²) in [5, 5.41) is 1.49. The maximum Gasteiger partial charge on any atom is 0.0508 e. The SMILES string of the molecule is Cc1cc2sc3c(c2s1)C(C)(C)c1c-3sc2c3c(ccc12)-c1sc2cc(C)sc2c1C3(C)C. The van der Waals surface area contributed by atoms with Crippen molar-refractivity contribution < 1.29 is 0 Å². The number of hydrogen-bond donors (Lipinski definition) is 0. The molecular formula is C28H22S5. The topological polar surface area (TPSA) is 0 Å². The Morgan fingerprint density at radius 3 is 1.76 bits per heavy atom. The highest BCUT2D eigenvalue weighted by molar-refractivity contribution is 7.33. The molecule has 5 aromatic heterocycles. The molecule has 164 valence electrons. The molecule has 5 heterocycles. The summed E-state index contributed by atoms with van der Waals surface area (Å²) in [5.41, 5.74) is 7.87. The van der Waals surface area contributed by atoms with Crippen molar-refractivity contribution in [3.8, 4) is 20.2 Å². The van der Waals surface area contributed by atoms with Crippen molar-refractivity contribution in [2.24, 2.45) is 0 Å². The molecule has 0 aliphatic heterocycles. The molecule has 8 rings (SSSR count). The normalized spacial score (nSPS) is 17.3. The zero-order chi connectivity index (χ0) is 22.6. The average molecular weight is 519 g/mol. The molecule has 0 saturated heterocycles. The van der Waals surface area contributed by atoms with Gasteiger partial charge >= 0.3 is 0 Å². The van der Waals surface area contributed by atoms with Crippen molar-refractivity contribution in [3.63, 3.8) is 0 Å². The van der Waals surface area contributed by atoms with Gasteiger partial charge in [0.15, 0.2) is 0 Å². The fourth-order valence-electron chi connectivity index (χ4n) is 6.50. The first-order valence-electron chi connectivity index (χ1n) is 11.4. The van der Waals surface area contributed by atoms with Gasteiger partial charge in [0.2, 0.25) is 0 Å². The van der Waals surface area contributed by atoms with E-state index in [4.69, 9.17) is 0 Å². The van der Waals surface area contributed by atoms with Gasteiger partial charge in [-0.25, -0.2) is 0 Å². The van der Waals surface area contributed by atoms with Gasteiger partial charge < -0.3 is 0 Å². The highest BCUT2D eigenvalue weighted by Crippen LogP contribution is 2.65. The summed E-state index contributed by atoms with van der Waals surface area (Å²) in [6, 6.07) is 9.66. The second kappa shape index (κ2) is 5.83. The Morgan fingerprint density at radius 1 is 0.545 bits per heavy atom. The highest BCUT2D eigenvalue weighted by atomic mass is 32.1. The van der Waals surface area contributed by atoms with Crippen LogP contribution in [0.15, 0.2) is 24.3 Å². The first-order chi connectivity index (χ1) is 15.7. The van der Waals surface area contributed by atoms with Crippen LogP contribution in [0, 0.1) is 13.8 Å². The zero-order valence-corrected chi connectivity index (χ0v) is 23.4. The van der Waals surface area contributed by atoms with Gasteiger partial charge in [0, 0.05) is 44.4 Å². The Labute approximate surface area is 213 Å². The van der Waals surface area contributed by atoms with E-state index in [0.717, 1.165) is 0 Å². The van der Waals surface area contributed by atoms with Crippen molar-refractivity contribution in [1.82, 2.24) is 0 Å². The van der Waals surface area contributed by atoms with Gasteiger partial charge in [0.25, 0.3) is 0 Å². The summed E-state index contributed by atoms with van der Waals surface area (Å²) in [7, 11) is 0. The van der Waals surface area contributed by atoms with E-state index in [1.807, 2.05) is 45.3 Å². The van der Waals surface area contributed by atoms with Crippen LogP contribution < -0.4 is 0 Å². The van der Waals surface area contributed by atoms with Crippen LogP contribution >= 0.6 is 56.7 Å². The molecule has 0 spiro atoms. The fraction of sp³-hybridized carbons (Fsp3) is 0.286. The van der Waals surface area contributed by atoms with E-state index in [9.17, 15) is 0 Å². The fourth-order valence-corrected chi connectivity index (χ4v) is 14.1. The predicted molar refractivity (Wildman–Crippen MR) is 153 cm³/mol. The molecule has 2 aliphatic rings. The average Bonchev–Trinajstić information content (AvgIpc) is 3.51. The van der Waals surface area contributed by atoms with Gasteiger partial charge in [0.05, 0.1) is 14.3 Å². The molecule has 0 N–H and O–H groups in total. The Hall–Kier alpha value is -1.50. The van der Waals surface area contributed by atoms with Gasteiger partial charge in [-0.15, -0.1) is 56.7 Å². The third-order valence-corrected chi connectivity index (χ3v) is 13.9. The van der Waals surface area contributed by atoms with Crippen molar-refractivity contribution in [1.29, 1.82) is 0 Å². The quantitative estimate of drug-likeness (QED) is 0.188. The third-order valence-electron chi connectivity index (χ3n) is 7.78. The molecule has 0 amide bonds. The summed E-state index contributed by atoms with van der Waals surface area (Å²) in [5.74, 6) is 0. The second-order valence-corrected chi connectivity index (χ2v) is 16.3. The van der Waals surface area contributed by atoms with E-state index >= 15 is 0 Å². The maximum absolute atomic E-state index is 2.46. The van der Waals surface area contributed by atoms with E-state index in [-0.39, 0.29) is 10.8 Å². The monoisotopic (exact) mass is 518 g/mol. The molecular weight excluding hydrogens is 497 g/mol. The molecule has 33 heavy (non-hydrogen) atoms. The lowest BCUT2D eigenvalue weighted by atomic mass is 9.79. The van der Waals surface area contributed by atoms with Crippen molar-refractivity contribution in [3.05, 3.63) is 56.3 Å². The molecule has 0 unspecified atom stereocenters. The minimum absolute atomic E-state index is 0.0399. The summed E-state index contributed by atoms with van der Waals surface area (Å²) >= 11 is 10.0. The van der Waals surface area contributed by atoms with E-state index in [0.29, 0.717) is 0 Å². The van der Waals surface area contributed by atoms with E-state index in [1.165, 1.54) is 58.8 Å². The van der Waals surface area contributed by atoms with Crippen molar-refractivity contribution in [2.75, 3.05) is 0 Å². The lowest BCUT2D eigenvalue weighted by molar-refractivity contribution is 0.671. The van der Waals surface area contributed by atoms with Gasteiger partial charge in [-0.1, -0.05) is 39.8 Å². The summed E-state index contributed by atoms with van der Waals surface area (Å²) in [6.45, 7) is 14.3. The van der Waals surface area contributed by atoms with Crippen molar-refractivity contribution in [2.45, 2.75) is 52.4 Å². The van der Waals surface area contributed by atoms with Crippen LogP contribution in [-0.4, -0.2) is 0 Å². The number of benzene rings is 1. The Balaban J connectivity index is 1.46. The van der Waals surface area contributed by atoms with Gasteiger partial charge in [-0.2, -0.15) is 0 Å². The van der Waals surface area contributed by atoms with Crippen LogP contribution in [0.2, 0.25) is 0 Å². The lowest BCUT2D eigenvalue weighted by Gasteiger charge is -2.23. The minimum Gasteiger partial charge on any atom is -0.139 e. The lowest BCUT2D eigenvalue weighted by Crippen LogP contribution is -2.16. The predicted octanol–water partition coefficient (Wildman–Crippen LogP) is 10.7. The number of fused-ring (bicyclic) bond motifs is 13. The number of hydrogen-bond acceptors (Lipinski definition) is 5. The summed E-state index contributed by atoms with van der Waals surface area (Å²) < 4.78 is 7.51. The van der Waals surface area contributed by atoms with Crippen molar-refractivity contribution >= 4 is 85.6 Å². The molecule has 0 radical (unpaired) electrons.